The standard InChI is InChI=1S/C33H24ClN3O6S/c1-3-42-32(39)28-29(20-7-5-4-6-8-20)35-33-36(30(28)21-9-11-22(34)12-10-21)31(38)27(44-33)18-24-14-16-26(43-24)25-15-13-23(37(40)41)17-19(25)2/h4-18,30H,3H2,1-2H3/b27-18-. The summed E-state index contributed by atoms with van der Waals surface area (Å²) in [5.41, 5.74) is 3.06. The van der Waals surface area contributed by atoms with Crippen molar-refractivity contribution >= 4 is 46.4 Å². The Morgan fingerprint density at radius 3 is 2.55 bits per heavy atom. The summed E-state index contributed by atoms with van der Waals surface area (Å²) in [5, 5.41) is 11.7. The molecule has 0 spiro atoms. The molecule has 6 rings (SSSR count). The quantitative estimate of drug-likeness (QED) is 0.123. The average Bonchev–Trinajstić information content (AvgIpc) is 3.61. The van der Waals surface area contributed by atoms with E-state index in [9.17, 15) is 19.7 Å². The van der Waals surface area contributed by atoms with Gasteiger partial charge in [-0.25, -0.2) is 9.79 Å². The van der Waals surface area contributed by atoms with Gasteiger partial charge in [0, 0.05) is 34.4 Å². The molecule has 1 atom stereocenters. The van der Waals surface area contributed by atoms with Gasteiger partial charge in [-0.15, -0.1) is 0 Å². The van der Waals surface area contributed by atoms with E-state index in [1.165, 1.54) is 28.0 Å². The molecule has 0 amide bonds. The molecule has 3 aromatic carbocycles. The third kappa shape index (κ3) is 5.41. The Bertz CT molecular complexity index is 2130. The Balaban J connectivity index is 1.52. The Hall–Kier alpha value is -5.06. The number of aryl methyl sites for hydroxylation is 1. The highest BCUT2D eigenvalue weighted by Gasteiger charge is 2.35. The van der Waals surface area contributed by atoms with Gasteiger partial charge >= 0.3 is 5.97 Å². The molecule has 1 aliphatic heterocycles. The van der Waals surface area contributed by atoms with Crippen LogP contribution in [0.3, 0.4) is 0 Å². The summed E-state index contributed by atoms with van der Waals surface area (Å²) in [6, 6.07) is 23.5. The van der Waals surface area contributed by atoms with Gasteiger partial charge in [0.15, 0.2) is 4.80 Å². The second-order valence-electron chi connectivity index (χ2n) is 9.94. The first-order valence-corrected chi connectivity index (χ1v) is 14.8. The lowest BCUT2D eigenvalue weighted by Crippen LogP contribution is -2.39. The van der Waals surface area contributed by atoms with Crippen molar-refractivity contribution in [2.24, 2.45) is 4.99 Å². The SMILES string of the molecule is CCOC(=O)C1=C(c2ccccc2)N=c2s/c(=C\c3ccc(-c4ccc([N+](=O)[O-])cc4C)o3)c(=O)n2C1c1ccc(Cl)cc1. The Morgan fingerprint density at radius 2 is 1.86 bits per heavy atom. The molecule has 5 aromatic rings. The van der Waals surface area contributed by atoms with Crippen LogP contribution in [0, 0.1) is 17.0 Å². The van der Waals surface area contributed by atoms with Crippen molar-refractivity contribution in [2.45, 2.75) is 19.9 Å². The summed E-state index contributed by atoms with van der Waals surface area (Å²) in [7, 11) is 0. The third-order valence-corrected chi connectivity index (χ3v) is 8.38. The Labute approximate surface area is 259 Å². The van der Waals surface area contributed by atoms with Crippen LogP contribution in [-0.2, 0) is 9.53 Å². The number of benzene rings is 3. The summed E-state index contributed by atoms with van der Waals surface area (Å²) in [6.45, 7) is 3.64. The van der Waals surface area contributed by atoms with Gasteiger partial charge in [-0.2, -0.15) is 0 Å². The van der Waals surface area contributed by atoms with Crippen molar-refractivity contribution in [1.82, 2.24) is 4.57 Å². The monoisotopic (exact) mass is 625 g/mol. The number of thiazole rings is 1. The highest BCUT2D eigenvalue weighted by molar-refractivity contribution is 7.07. The van der Waals surface area contributed by atoms with Gasteiger partial charge in [-0.3, -0.25) is 19.5 Å². The van der Waals surface area contributed by atoms with Crippen LogP contribution in [0.1, 0.15) is 35.4 Å². The molecule has 44 heavy (non-hydrogen) atoms. The highest BCUT2D eigenvalue weighted by atomic mass is 35.5. The van der Waals surface area contributed by atoms with E-state index in [-0.39, 0.29) is 23.4 Å². The van der Waals surface area contributed by atoms with E-state index in [1.807, 2.05) is 30.3 Å². The molecule has 11 heteroatoms. The largest absolute Gasteiger partial charge is 0.463 e. The van der Waals surface area contributed by atoms with Crippen molar-refractivity contribution in [3.8, 4) is 11.3 Å². The number of furan rings is 1. The first-order valence-electron chi connectivity index (χ1n) is 13.6. The smallest absolute Gasteiger partial charge is 0.338 e. The molecule has 0 saturated carbocycles. The minimum absolute atomic E-state index is 0.00793. The zero-order valence-corrected chi connectivity index (χ0v) is 25.1. The van der Waals surface area contributed by atoms with Crippen LogP contribution < -0.4 is 14.9 Å². The van der Waals surface area contributed by atoms with E-state index in [0.29, 0.717) is 53.8 Å². The first-order chi connectivity index (χ1) is 21.2. The number of rotatable bonds is 7. The van der Waals surface area contributed by atoms with Crippen LogP contribution in [0.5, 0.6) is 0 Å². The first kappa shape index (κ1) is 29.0. The molecule has 220 valence electrons. The maximum Gasteiger partial charge on any atom is 0.338 e. The van der Waals surface area contributed by atoms with Crippen molar-refractivity contribution in [3.05, 3.63) is 148 Å². The molecule has 2 aromatic heterocycles. The zero-order valence-electron chi connectivity index (χ0n) is 23.5. The van der Waals surface area contributed by atoms with Crippen LogP contribution in [-0.4, -0.2) is 22.1 Å². The summed E-state index contributed by atoms with van der Waals surface area (Å²) in [6.07, 6.45) is 1.63. The molecule has 0 radical (unpaired) electrons. The van der Waals surface area contributed by atoms with Gasteiger partial charge in [0.25, 0.3) is 11.2 Å². The van der Waals surface area contributed by atoms with Crippen LogP contribution in [0.25, 0.3) is 23.1 Å². The molecular formula is C33H24ClN3O6S. The number of halogens is 1. The predicted octanol–water partition coefficient (Wildman–Crippen LogP) is 6.07. The van der Waals surface area contributed by atoms with Gasteiger partial charge < -0.3 is 9.15 Å². The molecule has 3 heterocycles. The van der Waals surface area contributed by atoms with Crippen LogP contribution >= 0.6 is 22.9 Å². The number of hydrogen-bond donors (Lipinski definition) is 0. The van der Waals surface area contributed by atoms with Crippen LogP contribution in [0.2, 0.25) is 5.02 Å². The summed E-state index contributed by atoms with van der Waals surface area (Å²) < 4.78 is 13.4. The second-order valence-corrected chi connectivity index (χ2v) is 11.4. The van der Waals surface area contributed by atoms with E-state index in [2.05, 4.69) is 0 Å². The number of nitrogens with zero attached hydrogens (tertiary/aromatic N) is 3. The third-order valence-electron chi connectivity index (χ3n) is 7.15. The number of nitro groups is 1. The summed E-state index contributed by atoms with van der Waals surface area (Å²) in [5.74, 6) is 0.351. The van der Waals surface area contributed by atoms with Crippen molar-refractivity contribution < 1.29 is 18.9 Å². The van der Waals surface area contributed by atoms with Crippen molar-refractivity contribution in [3.63, 3.8) is 0 Å². The lowest BCUT2D eigenvalue weighted by Gasteiger charge is -2.25. The number of esters is 1. The topological polar surface area (TPSA) is 117 Å². The Morgan fingerprint density at radius 1 is 1.11 bits per heavy atom. The lowest BCUT2D eigenvalue weighted by molar-refractivity contribution is -0.384. The fourth-order valence-corrected chi connectivity index (χ4v) is 6.25. The van der Waals surface area contributed by atoms with Crippen LogP contribution in [0.15, 0.2) is 105 Å². The maximum atomic E-state index is 14.0. The normalized spacial score (nSPS) is 14.7. The number of hydrogen-bond acceptors (Lipinski definition) is 8. The number of non-ortho nitro benzene ring substituents is 1. The number of carbonyl (C=O) groups is 1. The Kier molecular flexibility index (Phi) is 7.86. The van der Waals surface area contributed by atoms with Gasteiger partial charge in [-0.05, 0) is 55.3 Å². The van der Waals surface area contributed by atoms with E-state index in [4.69, 9.17) is 25.7 Å². The zero-order chi connectivity index (χ0) is 31.0. The predicted molar refractivity (Wildman–Crippen MR) is 168 cm³/mol. The number of fused-ring (bicyclic) bond motifs is 1. The van der Waals surface area contributed by atoms with Gasteiger partial charge in [0.05, 0.1) is 33.4 Å². The number of ether oxygens (including phenoxy) is 1. The number of nitro benzene ring substituents is 1. The second kappa shape index (κ2) is 11.9. The minimum Gasteiger partial charge on any atom is -0.463 e. The molecule has 1 unspecified atom stereocenters. The minimum atomic E-state index is -0.824. The molecule has 9 nitrogen and oxygen atoms in total. The molecule has 0 saturated heterocycles. The van der Waals surface area contributed by atoms with Gasteiger partial charge in [0.1, 0.15) is 11.5 Å². The molecule has 0 N–H and O–H groups in total. The van der Waals surface area contributed by atoms with Gasteiger partial charge in [-0.1, -0.05) is 65.4 Å². The molecule has 0 bridgehead atoms. The highest BCUT2D eigenvalue weighted by Crippen LogP contribution is 2.35. The molecule has 1 aliphatic rings. The van der Waals surface area contributed by atoms with E-state index in [1.54, 1.807) is 62.4 Å². The lowest BCUT2D eigenvalue weighted by atomic mass is 9.93. The maximum absolute atomic E-state index is 14.0. The van der Waals surface area contributed by atoms with E-state index < -0.39 is 16.9 Å². The summed E-state index contributed by atoms with van der Waals surface area (Å²) in [4.78, 5) is 43.5. The number of aromatic nitrogens is 1. The number of carbonyl (C=O) groups excluding carboxylic acids is 1. The van der Waals surface area contributed by atoms with Crippen molar-refractivity contribution in [1.29, 1.82) is 0 Å². The van der Waals surface area contributed by atoms with E-state index >= 15 is 0 Å². The molecule has 0 fully saturated rings. The van der Waals surface area contributed by atoms with E-state index in [0.717, 1.165) is 0 Å². The fraction of sp³-hybridized carbons (Fsp3) is 0.121. The molecular weight excluding hydrogens is 602 g/mol. The average molecular weight is 626 g/mol. The van der Waals surface area contributed by atoms with Crippen LogP contribution in [0.4, 0.5) is 5.69 Å². The fourth-order valence-electron chi connectivity index (χ4n) is 5.14. The summed E-state index contributed by atoms with van der Waals surface area (Å²) >= 11 is 7.37. The molecule has 0 aliphatic carbocycles. The van der Waals surface area contributed by atoms with Gasteiger partial charge in [0.2, 0.25) is 0 Å². The van der Waals surface area contributed by atoms with Crippen molar-refractivity contribution in [2.75, 3.05) is 6.61 Å².